The predicted molar refractivity (Wildman–Crippen MR) is 609 cm³/mol. The summed E-state index contributed by atoms with van der Waals surface area (Å²) >= 11 is 0. The average Bonchev–Trinajstić information content (AvgIpc) is 1.35. The van der Waals surface area contributed by atoms with Crippen molar-refractivity contribution in [2.24, 2.45) is 0 Å². The van der Waals surface area contributed by atoms with E-state index in [0.717, 1.165) is 163 Å². The molecule has 0 aliphatic rings. The van der Waals surface area contributed by atoms with Gasteiger partial charge in [-0.15, -0.1) is 0 Å². The quantitative estimate of drug-likeness (QED) is 0.0921. The highest BCUT2D eigenvalue weighted by Crippen LogP contribution is 2.48. The highest BCUT2D eigenvalue weighted by Gasteiger charge is 2.27. The van der Waals surface area contributed by atoms with Crippen LogP contribution in [0.4, 0.5) is 17.1 Å². The third-order valence-electron chi connectivity index (χ3n) is 28.2. The van der Waals surface area contributed by atoms with Gasteiger partial charge in [0.15, 0.2) is 28.1 Å². The van der Waals surface area contributed by atoms with Crippen molar-refractivity contribution in [2.45, 2.75) is 0 Å². The largest absolute Gasteiger partial charge is 0.508 e. The van der Waals surface area contributed by atoms with Gasteiger partial charge in [-0.05, 0) is 206 Å². The molecule has 0 radical (unpaired) electrons. The minimum atomic E-state index is 0.282. The van der Waals surface area contributed by atoms with Crippen LogP contribution in [0.3, 0.4) is 0 Å². The van der Waals surface area contributed by atoms with Crippen LogP contribution in [0.2, 0.25) is 0 Å². The molecule has 0 atom stereocenters. The number of aromatic hydroxyl groups is 1. The highest BCUT2D eigenvalue weighted by molar-refractivity contribution is 6.20. The Labute approximate surface area is 847 Å². The fourth-order valence-corrected chi connectivity index (χ4v) is 22.0. The molecule has 9 heterocycles. The molecule has 0 saturated carbocycles. The van der Waals surface area contributed by atoms with Crippen LogP contribution in [0.5, 0.6) is 34.5 Å². The lowest BCUT2D eigenvalue weighted by Gasteiger charge is -2.27. The van der Waals surface area contributed by atoms with Crippen LogP contribution < -0.4 is 19.1 Å². The topological polar surface area (TPSA) is 126 Å². The second kappa shape index (κ2) is 36.7. The maximum atomic E-state index is 9.74. The monoisotopic (exact) mass is 1910 g/mol. The van der Waals surface area contributed by atoms with Gasteiger partial charge in [-0.1, -0.05) is 291 Å². The summed E-state index contributed by atoms with van der Waals surface area (Å²) in [5.74, 6) is 4.18. The smallest absolute Gasteiger partial charge is 0.177 e. The molecule has 9 aromatic heterocycles. The zero-order valence-electron chi connectivity index (χ0n) is 80.2. The Morgan fingerprint density at radius 3 is 1.16 bits per heavy atom. The molecule has 0 bridgehead atoms. The molecular formula is C133H91N9O6. The molecular weight excluding hydrogens is 1820 g/mol. The van der Waals surface area contributed by atoms with Crippen LogP contribution in [0, 0.1) is 0 Å². The Balaban J connectivity index is 0.0000000988. The van der Waals surface area contributed by atoms with E-state index in [4.69, 9.17) is 23.0 Å². The van der Waals surface area contributed by atoms with Crippen molar-refractivity contribution in [3.63, 3.8) is 0 Å². The molecule has 0 saturated heterocycles. The fraction of sp³-hybridized carbons (Fsp3) is 0.00752. The molecule has 0 aliphatic heterocycles. The summed E-state index contributed by atoms with van der Waals surface area (Å²) in [5.41, 5.74) is 31.5. The first-order valence-corrected chi connectivity index (χ1v) is 49.6. The second-order valence-corrected chi connectivity index (χ2v) is 36.8. The Morgan fingerprint density at radius 2 is 0.581 bits per heavy atom. The van der Waals surface area contributed by atoms with E-state index in [9.17, 15) is 5.11 Å². The van der Waals surface area contributed by atoms with Crippen molar-refractivity contribution in [3.8, 4) is 57.2 Å². The van der Waals surface area contributed by atoms with E-state index in [1.54, 1.807) is 19.2 Å². The van der Waals surface area contributed by atoms with Gasteiger partial charge < -0.3 is 60.7 Å². The maximum Gasteiger partial charge on any atom is 0.177 e. The lowest BCUT2D eigenvalue weighted by Crippen LogP contribution is -2.11. The van der Waals surface area contributed by atoms with Crippen LogP contribution >= 0.6 is 0 Å². The Bertz CT molecular complexity index is 10400. The molecule has 31 rings (SSSR count). The molecule has 0 unspecified atom stereocenters. The van der Waals surface area contributed by atoms with Gasteiger partial charge in [0.2, 0.25) is 0 Å². The number of ether oxygens (including phenoxy) is 3. The van der Waals surface area contributed by atoms with Crippen molar-refractivity contribution in [2.75, 3.05) is 12.0 Å². The van der Waals surface area contributed by atoms with E-state index in [2.05, 4.69) is 417 Å². The number of rotatable bonds is 12. The Morgan fingerprint density at radius 1 is 0.223 bits per heavy atom. The van der Waals surface area contributed by atoms with Gasteiger partial charge in [0, 0.05) is 123 Å². The van der Waals surface area contributed by atoms with Crippen molar-refractivity contribution in [1.82, 2.24) is 36.5 Å². The number of nitrogens with zero attached hydrogens (tertiary/aromatic N) is 8. The van der Waals surface area contributed by atoms with E-state index in [-0.39, 0.29) is 5.75 Å². The van der Waals surface area contributed by atoms with Crippen LogP contribution in [-0.4, -0.2) is 48.7 Å². The summed E-state index contributed by atoms with van der Waals surface area (Å²) in [7, 11) is 1.70. The van der Waals surface area contributed by atoms with E-state index in [1.165, 1.54) is 87.0 Å². The SMILES string of the molecule is COc1cccc(-n2c3ccccc3c3ccccc32)c1.Oc1cccc(-n2c3ccccc3c3ccccc32)c1.c1ccc(-n2c3cccc4oc5ccccc5n(c5ccc6c(oc7cccc8c7n6c6cccc7c9ccccc9n8c76)c52)c43)cc1.c1ccc(Oc2cccc(N(c3ccccc3)c3ccccc3Oc3cccc(-n4c5ccccc5c5ccccc54)c3)c2)cc1.c1ccc2c(c1)[nH]c1ccccc12. The first-order chi connectivity index (χ1) is 73.3. The maximum absolute atomic E-state index is 9.74. The molecule has 0 amide bonds. The number of nitrogens with one attached hydrogen (secondary N) is 1. The first-order valence-electron chi connectivity index (χ1n) is 49.6. The molecule has 0 fully saturated rings. The van der Waals surface area contributed by atoms with E-state index < -0.39 is 0 Å². The Hall–Kier alpha value is -20.2. The summed E-state index contributed by atoms with van der Waals surface area (Å²) in [6, 6.07) is 179. The van der Waals surface area contributed by atoms with E-state index >= 15 is 0 Å². The summed E-state index contributed by atoms with van der Waals surface area (Å²) in [6.45, 7) is 0. The van der Waals surface area contributed by atoms with Gasteiger partial charge in [0.05, 0.1) is 90.0 Å². The van der Waals surface area contributed by atoms with E-state index in [1.807, 2.05) is 133 Å². The zero-order chi connectivity index (χ0) is 98.2. The molecule has 704 valence electrons. The number of aromatic nitrogens is 8. The average molecular weight is 1910 g/mol. The molecule has 0 spiro atoms. The van der Waals surface area contributed by atoms with Crippen molar-refractivity contribution >= 4 is 198 Å². The number of phenols is 1. The number of aromatic amines is 1. The lowest BCUT2D eigenvalue weighted by molar-refractivity contribution is 0.414. The van der Waals surface area contributed by atoms with Gasteiger partial charge in [-0.2, -0.15) is 0 Å². The third kappa shape index (κ3) is 15.0. The summed E-state index contributed by atoms with van der Waals surface area (Å²) in [6.07, 6.45) is 0. The van der Waals surface area contributed by atoms with Gasteiger partial charge in [0.1, 0.15) is 45.3 Å². The molecule has 31 aromatic rings. The second-order valence-electron chi connectivity index (χ2n) is 36.8. The van der Waals surface area contributed by atoms with Crippen molar-refractivity contribution in [1.29, 1.82) is 0 Å². The van der Waals surface area contributed by atoms with Crippen molar-refractivity contribution in [3.05, 3.63) is 522 Å². The molecule has 15 nitrogen and oxygen atoms in total. The third-order valence-corrected chi connectivity index (χ3v) is 28.2. The number of methoxy groups -OCH3 is 1. The number of anilines is 3. The number of phenolic OH excluding ortho intramolecular Hbond substituents is 1. The minimum absolute atomic E-state index is 0.282. The fourth-order valence-electron chi connectivity index (χ4n) is 22.0. The molecule has 15 heteroatoms. The number of para-hydroxylation sites is 19. The predicted octanol–water partition coefficient (Wildman–Crippen LogP) is 35.5. The molecule has 2 N–H and O–H groups in total. The molecule has 148 heavy (non-hydrogen) atoms. The first kappa shape index (κ1) is 86.9. The van der Waals surface area contributed by atoms with Gasteiger partial charge >= 0.3 is 0 Å². The highest BCUT2D eigenvalue weighted by atomic mass is 16.5. The zero-order valence-corrected chi connectivity index (χ0v) is 80.2. The molecule has 22 aromatic carbocycles. The normalized spacial score (nSPS) is 11.6. The lowest BCUT2D eigenvalue weighted by atomic mass is 10.1. The molecule has 0 aliphatic carbocycles. The number of H-pyrrole nitrogens is 1. The summed E-state index contributed by atoms with van der Waals surface area (Å²) in [4.78, 5) is 5.58. The van der Waals surface area contributed by atoms with Crippen LogP contribution in [0.15, 0.2) is 531 Å². The van der Waals surface area contributed by atoms with E-state index in [0.29, 0.717) is 0 Å². The number of fused-ring (bicyclic) bond motifs is 24. The van der Waals surface area contributed by atoms with Crippen LogP contribution in [0.25, 0.3) is 204 Å². The Kier molecular flexibility index (Phi) is 21.6. The van der Waals surface area contributed by atoms with Crippen LogP contribution in [0.1, 0.15) is 0 Å². The summed E-state index contributed by atoms with van der Waals surface area (Å²) < 4.78 is 48.3. The minimum Gasteiger partial charge on any atom is -0.508 e. The van der Waals surface area contributed by atoms with Gasteiger partial charge in [0.25, 0.3) is 0 Å². The van der Waals surface area contributed by atoms with Crippen LogP contribution in [-0.2, 0) is 0 Å². The number of hydrogen-bond acceptors (Lipinski definition) is 7. The number of benzene rings is 22. The van der Waals surface area contributed by atoms with Gasteiger partial charge in [-0.3, -0.25) is 8.80 Å². The van der Waals surface area contributed by atoms with Crippen molar-refractivity contribution < 1.29 is 28.2 Å². The van der Waals surface area contributed by atoms with Gasteiger partial charge in [-0.25, -0.2) is 0 Å². The number of hydrogen-bond donors (Lipinski definition) is 2. The summed E-state index contributed by atoms with van der Waals surface area (Å²) in [5, 5.41) is 22.3. The standard InChI is InChI=1S/C42H24N4O2.C42H30N2O2.C19H15NO.C18H13NO.C12H9N/c1-2-11-25(12-3-1)43-31-18-9-21-36-39(31)45(29-16-6-7-20-35(29)47-36)33-23-24-34-42(41(33)43)48-37-22-10-19-32-40(37)46(34)30-17-8-14-27-26-13-4-5-15-28(26)44(32)38(27)30;1-3-15-31(16-4-1)43(32-17-13-21-35(29-32)45-34-19-5-2-6-20-34)41-27-11-12-28-42(41)46-36-22-14-18-33(30-36)44-39-25-9-7-23-37(39)38-24-8-10-26-40(38)44;1-21-15-8-6-7-14(13-15)20-18-11-4-2-9-16(18)17-10-3-5-12-19(17)20;20-14-7-5-6-13(12-14)19-17-10-3-1-8-15(17)16-9-2-4-11-18(16)19;1-3-7-11-9(5-1)10-6-2-4-8-12(10)13-11/h1-24H;1-30H;2-13H,1H3;1-12,20H;1-8,13H.